The Bertz CT molecular complexity index is 589. The van der Waals surface area contributed by atoms with Crippen molar-refractivity contribution in [3.8, 4) is 5.75 Å². The molecule has 5 heteroatoms. The Balaban J connectivity index is 1.66. The van der Waals surface area contributed by atoms with E-state index in [1.165, 1.54) is 0 Å². The molecule has 1 aromatic heterocycles. The molecule has 1 aromatic carbocycles. The molecular formula is C16H16O4S. The van der Waals surface area contributed by atoms with Crippen LogP contribution in [0.4, 0.5) is 0 Å². The van der Waals surface area contributed by atoms with Crippen LogP contribution in [0, 0.1) is 0 Å². The molecule has 0 atom stereocenters. The summed E-state index contributed by atoms with van der Waals surface area (Å²) >= 11 is 1.55. The zero-order valence-electron chi connectivity index (χ0n) is 11.4. The topological polar surface area (TPSA) is 55.8 Å². The standard InChI is InChI=1S/C16H16O4S/c17-16(18)7-6-13-10-15(21-12-13)11-19-8-9-20-14-4-2-1-3-5-14/h1-7,10,12H,8-9,11H2,(H,17,18). The molecule has 4 nitrogen and oxygen atoms in total. The van der Waals surface area contributed by atoms with Gasteiger partial charge in [0.05, 0.1) is 13.2 Å². The first kappa shape index (κ1) is 15.3. The van der Waals surface area contributed by atoms with E-state index in [1.807, 2.05) is 41.8 Å². The molecule has 0 aliphatic rings. The van der Waals surface area contributed by atoms with Crippen LogP contribution in [0.25, 0.3) is 6.08 Å². The van der Waals surface area contributed by atoms with E-state index in [1.54, 1.807) is 17.4 Å². The first-order valence-electron chi connectivity index (χ1n) is 6.48. The van der Waals surface area contributed by atoms with Crippen LogP contribution < -0.4 is 4.74 Å². The Kier molecular flexibility index (Phi) is 5.99. The maximum atomic E-state index is 10.4. The van der Waals surface area contributed by atoms with Crippen molar-refractivity contribution in [2.75, 3.05) is 13.2 Å². The molecule has 2 aromatic rings. The van der Waals surface area contributed by atoms with Gasteiger partial charge < -0.3 is 14.6 Å². The summed E-state index contributed by atoms with van der Waals surface area (Å²) in [5, 5.41) is 10.5. The summed E-state index contributed by atoms with van der Waals surface area (Å²) in [7, 11) is 0. The second kappa shape index (κ2) is 8.24. The summed E-state index contributed by atoms with van der Waals surface area (Å²) in [5.41, 5.74) is 0.876. The van der Waals surface area contributed by atoms with Gasteiger partial charge in [0.2, 0.25) is 0 Å². The minimum atomic E-state index is -0.947. The summed E-state index contributed by atoms with van der Waals surface area (Å²) in [5.74, 6) is -0.115. The van der Waals surface area contributed by atoms with Gasteiger partial charge in [0.25, 0.3) is 0 Å². The number of thiophene rings is 1. The van der Waals surface area contributed by atoms with E-state index in [4.69, 9.17) is 14.6 Å². The molecule has 2 rings (SSSR count). The fourth-order valence-electron chi connectivity index (χ4n) is 1.64. The van der Waals surface area contributed by atoms with E-state index in [9.17, 15) is 4.79 Å². The summed E-state index contributed by atoms with van der Waals surface area (Å²) in [4.78, 5) is 11.5. The van der Waals surface area contributed by atoms with Crippen LogP contribution in [0.3, 0.4) is 0 Å². The third-order valence-corrected chi connectivity index (χ3v) is 3.50. The molecule has 0 amide bonds. The number of carbonyl (C=O) groups is 1. The molecule has 0 fully saturated rings. The highest BCUT2D eigenvalue weighted by Gasteiger charge is 1.99. The number of carboxylic acids is 1. The lowest BCUT2D eigenvalue weighted by Crippen LogP contribution is -2.06. The van der Waals surface area contributed by atoms with Crippen molar-refractivity contribution < 1.29 is 19.4 Å². The average molecular weight is 304 g/mol. The Morgan fingerprint density at radius 3 is 2.81 bits per heavy atom. The number of para-hydroxylation sites is 1. The Morgan fingerprint density at radius 2 is 2.05 bits per heavy atom. The molecule has 110 valence electrons. The van der Waals surface area contributed by atoms with Gasteiger partial charge in [-0.2, -0.15) is 0 Å². The van der Waals surface area contributed by atoms with Crippen LogP contribution in [0.2, 0.25) is 0 Å². The number of ether oxygens (including phenoxy) is 2. The zero-order chi connectivity index (χ0) is 14.9. The predicted octanol–water partition coefficient (Wildman–Crippen LogP) is 3.44. The van der Waals surface area contributed by atoms with E-state index in [2.05, 4.69) is 0 Å². The van der Waals surface area contributed by atoms with Gasteiger partial charge in [-0.25, -0.2) is 4.79 Å². The first-order valence-corrected chi connectivity index (χ1v) is 7.36. The molecule has 0 aliphatic carbocycles. The second-order valence-electron chi connectivity index (χ2n) is 4.23. The molecule has 0 saturated heterocycles. The van der Waals surface area contributed by atoms with Crippen molar-refractivity contribution in [1.29, 1.82) is 0 Å². The Labute approximate surface area is 127 Å². The lowest BCUT2D eigenvalue weighted by Gasteiger charge is -2.06. The van der Waals surface area contributed by atoms with Crippen LogP contribution in [-0.4, -0.2) is 24.3 Å². The monoisotopic (exact) mass is 304 g/mol. The maximum Gasteiger partial charge on any atom is 0.328 e. The van der Waals surface area contributed by atoms with E-state index < -0.39 is 5.97 Å². The highest BCUT2D eigenvalue weighted by molar-refractivity contribution is 7.10. The number of hydrogen-bond acceptors (Lipinski definition) is 4. The molecule has 1 N–H and O–H groups in total. The van der Waals surface area contributed by atoms with Gasteiger partial charge in [0, 0.05) is 11.0 Å². The third kappa shape index (κ3) is 5.81. The Morgan fingerprint density at radius 1 is 1.24 bits per heavy atom. The van der Waals surface area contributed by atoms with Crippen molar-refractivity contribution in [2.45, 2.75) is 6.61 Å². The summed E-state index contributed by atoms with van der Waals surface area (Å²) in [6, 6.07) is 11.5. The van der Waals surface area contributed by atoms with Gasteiger partial charge in [-0.1, -0.05) is 18.2 Å². The van der Waals surface area contributed by atoms with E-state index in [-0.39, 0.29) is 0 Å². The molecular weight excluding hydrogens is 288 g/mol. The average Bonchev–Trinajstić information content (AvgIpc) is 2.94. The quantitative estimate of drug-likeness (QED) is 0.599. The van der Waals surface area contributed by atoms with Crippen molar-refractivity contribution in [2.24, 2.45) is 0 Å². The largest absolute Gasteiger partial charge is 0.491 e. The van der Waals surface area contributed by atoms with E-state index in [0.29, 0.717) is 19.8 Å². The second-order valence-corrected chi connectivity index (χ2v) is 5.23. The van der Waals surface area contributed by atoms with Gasteiger partial charge >= 0.3 is 5.97 Å². The van der Waals surface area contributed by atoms with Crippen LogP contribution >= 0.6 is 11.3 Å². The molecule has 0 spiro atoms. The van der Waals surface area contributed by atoms with Crippen LogP contribution in [0.15, 0.2) is 47.9 Å². The summed E-state index contributed by atoms with van der Waals surface area (Å²) < 4.78 is 11.0. The van der Waals surface area contributed by atoms with Crippen LogP contribution in [0.5, 0.6) is 5.75 Å². The molecule has 21 heavy (non-hydrogen) atoms. The molecule has 1 heterocycles. The van der Waals surface area contributed by atoms with Gasteiger partial charge in [0.15, 0.2) is 0 Å². The number of rotatable bonds is 8. The van der Waals surface area contributed by atoms with Crippen LogP contribution in [0.1, 0.15) is 10.4 Å². The SMILES string of the molecule is O=C(O)C=Cc1csc(COCCOc2ccccc2)c1. The van der Waals surface area contributed by atoms with Crippen molar-refractivity contribution >= 4 is 23.4 Å². The lowest BCUT2D eigenvalue weighted by molar-refractivity contribution is -0.131. The van der Waals surface area contributed by atoms with Gasteiger partial charge in [-0.3, -0.25) is 0 Å². The number of hydrogen-bond donors (Lipinski definition) is 1. The zero-order valence-corrected chi connectivity index (χ0v) is 12.2. The summed E-state index contributed by atoms with van der Waals surface area (Å²) in [6.07, 6.45) is 2.70. The molecule has 0 radical (unpaired) electrons. The highest BCUT2D eigenvalue weighted by atomic mass is 32.1. The van der Waals surface area contributed by atoms with E-state index >= 15 is 0 Å². The predicted molar refractivity (Wildman–Crippen MR) is 82.6 cm³/mol. The Hall–Kier alpha value is -2.11. The van der Waals surface area contributed by atoms with Gasteiger partial charge in [0.1, 0.15) is 12.4 Å². The molecule has 0 saturated carbocycles. The van der Waals surface area contributed by atoms with Crippen LogP contribution in [-0.2, 0) is 16.1 Å². The van der Waals surface area contributed by atoms with Crippen molar-refractivity contribution in [1.82, 2.24) is 0 Å². The number of carboxylic acid groups (broad SMARTS) is 1. The molecule has 0 aliphatic heterocycles. The minimum absolute atomic E-state index is 0.501. The first-order chi connectivity index (χ1) is 10.2. The molecule has 0 unspecified atom stereocenters. The van der Waals surface area contributed by atoms with Crippen molar-refractivity contribution in [3.63, 3.8) is 0 Å². The normalized spacial score (nSPS) is 10.9. The summed E-state index contributed by atoms with van der Waals surface area (Å²) in [6.45, 7) is 1.51. The fraction of sp³-hybridized carbons (Fsp3) is 0.188. The smallest absolute Gasteiger partial charge is 0.328 e. The number of aliphatic carboxylic acids is 1. The fourth-order valence-corrected chi connectivity index (χ4v) is 2.43. The number of benzene rings is 1. The van der Waals surface area contributed by atoms with Gasteiger partial charge in [-0.15, -0.1) is 11.3 Å². The van der Waals surface area contributed by atoms with E-state index in [0.717, 1.165) is 22.3 Å². The van der Waals surface area contributed by atoms with Gasteiger partial charge in [-0.05, 0) is 35.2 Å². The highest BCUT2D eigenvalue weighted by Crippen LogP contribution is 2.17. The third-order valence-electron chi connectivity index (χ3n) is 2.58. The minimum Gasteiger partial charge on any atom is -0.491 e. The maximum absolute atomic E-state index is 10.4. The molecule has 0 bridgehead atoms. The van der Waals surface area contributed by atoms with Crippen molar-refractivity contribution in [3.05, 3.63) is 58.3 Å². The lowest BCUT2D eigenvalue weighted by atomic mass is 10.3.